The summed E-state index contributed by atoms with van der Waals surface area (Å²) in [5.74, 6) is 0.874. The van der Waals surface area contributed by atoms with Gasteiger partial charge >= 0.3 is 0 Å². The molecular weight excluding hydrogens is 212 g/mol. The Kier molecular flexibility index (Phi) is 4.21. The Hall–Kier alpha value is -0.830. The summed E-state index contributed by atoms with van der Waals surface area (Å²) < 4.78 is 0. The number of nitrogens with zero attached hydrogens (tertiary/aromatic N) is 1. The van der Waals surface area contributed by atoms with Crippen molar-refractivity contribution in [3.8, 4) is 0 Å². The number of carbonyl (C=O) groups excluding carboxylic acids is 1. The van der Waals surface area contributed by atoms with E-state index < -0.39 is 0 Å². The highest BCUT2D eigenvalue weighted by Crippen LogP contribution is 2.35. The summed E-state index contributed by atoms with van der Waals surface area (Å²) in [6.07, 6.45) is 9.85. The third-order valence-corrected chi connectivity index (χ3v) is 4.26. The Balaban J connectivity index is 2.02. The van der Waals surface area contributed by atoms with Gasteiger partial charge in [0.25, 0.3) is 0 Å². The van der Waals surface area contributed by atoms with Crippen molar-refractivity contribution >= 4 is 5.91 Å². The van der Waals surface area contributed by atoms with Crippen molar-refractivity contribution in [3.63, 3.8) is 0 Å². The van der Waals surface area contributed by atoms with Gasteiger partial charge in [0, 0.05) is 12.6 Å². The molecule has 17 heavy (non-hydrogen) atoms. The van der Waals surface area contributed by atoms with E-state index >= 15 is 0 Å². The van der Waals surface area contributed by atoms with E-state index in [2.05, 4.69) is 11.5 Å². The SMILES string of the molecule is C=CCC(N)C(=O)N1CCC[C@H]2CCCC[C@H]21. The minimum Gasteiger partial charge on any atom is -0.338 e. The van der Waals surface area contributed by atoms with E-state index in [1.54, 1.807) is 6.08 Å². The molecule has 3 nitrogen and oxygen atoms in total. The van der Waals surface area contributed by atoms with Gasteiger partial charge < -0.3 is 10.6 Å². The maximum atomic E-state index is 12.3. The zero-order valence-electron chi connectivity index (χ0n) is 10.6. The van der Waals surface area contributed by atoms with Crippen LogP contribution in [0.4, 0.5) is 0 Å². The van der Waals surface area contributed by atoms with Crippen LogP contribution in [0.2, 0.25) is 0 Å². The van der Waals surface area contributed by atoms with Crippen molar-refractivity contribution in [2.45, 2.75) is 57.0 Å². The van der Waals surface area contributed by atoms with Gasteiger partial charge in [-0.05, 0) is 38.0 Å². The summed E-state index contributed by atoms with van der Waals surface area (Å²) in [6, 6.07) is 0.0917. The summed E-state index contributed by atoms with van der Waals surface area (Å²) in [6.45, 7) is 4.57. The third kappa shape index (κ3) is 2.71. The van der Waals surface area contributed by atoms with E-state index in [1.165, 1.54) is 32.1 Å². The van der Waals surface area contributed by atoms with Crippen molar-refractivity contribution in [3.05, 3.63) is 12.7 Å². The number of piperidine rings is 1. The van der Waals surface area contributed by atoms with Crippen LogP contribution in [0.25, 0.3) is 0 Å². The van der Waals surface area contributed by atoms with Gasteiger partial charge in [-0.3, -0.25) is 4.79 Å². The lowest BCUT2D eigenvalue weighted by Crippen LogP contribution is -2.54. The Morgan fingerprint density at radius 2 is 2.06 bits per heavy atom. The van der Waals surface area contributed by atoms with Gasteiger partial charge in [0.05, 0.1) is 6.04 Å². The van der Waals surface area contributed by atoms with Crippen molar-refractivity contribution in [1.29, 1.82) is 0 Å². The molecule has 3 atom stereocenters. The van der Waals surface area contributed by atoms with Gasteiger partial charge in [-0.25, -0.2) is 0 Å². The van der Waals surface area contributed by atoms with Gasteiger partial charge in [-0.1, -0.05) is 18.9 Å². The first-order valence-corrected chi connectivity index (χ1v) is 6.91. The first-order valence-electron chi connectivity index (χ1n) is 6.91. The van der Waals surface area contributed by atoms with Crippen LogP contribution in [0.5, 0.6) is 0 Å². The van der Waals surface area contributed by atoms with Crippen LogP contribution in [0.15, 0.2) is 12.7 Å². The topological polar surface area (TPSA) is 46.3 Å². The highest BCUT2D eigenvalue weighted by Gasteiger charge is 2.36. The van der Waals surface area contributed by atoms with Crippen LogP contribution in [0.3, 0.4) is 0 Å². The third-order valence-electron chi connectivity index (χ3n) is 4.26. The fourth-order valence-electron chi connectivity index (χ4n) is 3.39. The molecule has 1 saturated carbocycles. The Morgan fingerprint density at radius 1 is 1.35 bits per heavy atom. The quantitative estimate of drug-likeness (QED) is 0.763. The molecule has 1 aliphatic carbocycles. The van der Waals surface area contributed by atoms with E-state index in [9.17, 15) is 4.79 Å². The van der Waals surface area contributed by atoms with Crippen LogP contribution in [-0.4, -0.2) is 29.4 Å². The summed E-state index contributed by atoms with van der Waals surface area (Å²) in [5.41, 5.74) is 5.92. The van der Waals surface area contributed by atoms with E-state index in [0.717, 1.165) is 18.9 Å². The number of hydrogen-bond donors (Lipinski definition) is 1. The molecule has 0 aromatic carbocycles. The predicted molar refractivity (Wildman–Crippen MR) is 69.5 cm³/mol. The van der Waals surface area contributed by atoms with Gasteiger partial charge in [0.1, 0.15) is 0 Å². The molecular formula is C14H24N2O. The predicted octanol–water partition coefficient (Wildman–Crippen LogP) is 2.07. The molecule has 1 amide bonds. The van der Waals surface area contributed by atoms with Crippen LogP contribution >= 0.6 is 0 Å². The van der Waals surface area contributed by atoms with Crippen molar-refractivity contribution < 1.29 is 4.79 Å². The summed E-state index contributed by atoms with van der Waals surface area (Å²) >= 11 is 0. The number of nitrogens with two attached hydrogens (primary N) is 1. The molecule has 1 aliphatic heterocycles. The largest absolute Gasteiger partial charge is 0.338 e. The van der Waals surface area contributed by atoms with E-state index in [4.69, 9.17) is 5.73 Å². The lowest BCUT2D eigenvalue weighted by Gasteiger charge is -2.44. The first-order chi connectivity index (χ1) is 8.24. The highest BCUT2D eigenvalue weighted by atomic mass is 16.2. The number of amides is 1. The number of hydrogen-bond acceptors (Lipinski definition) is 2. The molecule has 2 rings (SSSR count). The Labute approximate surface area is 104 Å². The van der Waals surface area contributed by atoms with Crippen LogP contribution < -0.4 is 5.73 Å². The standard InChI is InChI=1S/C14H24N2O/c1-2-6-12(15)14(17)16-10-5-8-11-7-3-4-9-13(11)16/h2,11-13H,1,3-10,15H2/t11-,12?,13-/m1/s1. The minimum atomic E-state index is -0.381. The number of likely N-dealkylation sites (tertiary alicyclic amines) is 1. The molecule has 1 heterocycles. The zero-order valence-corrected chi connectivity index (χ0v) is 10.6. The van der Waals surface area contributed by atoms with Crippen molar-refractivity contribution in [2.24, 2.45) is 11.7 Å². The van der Waals surface area contributed by atoms with Gasteiger partial charge in [0.15, 0.2) is 0 Å². The van der Waals surface area contributed by atoms with E-state index in [-0.39, 0.29) is 11.9 Å². The molecule has 2 N–H and O–H groups in total. The molecule has 0 aromatic rings. The summed E-state index contributed by atoms with van der Waals surface area (Å²) in [7, 11) is 0. The molecule has 2 fully saturated rings. The molecule has 1 unspecified atom stereocenters. The average molecular weight is 236 g/mol. The Bertz CT molecular complexity index is 288. The molecule has 1 saturated heterocycles. The fraction of sp³-hybridized carbons (Fsp3) is 0.786. The molecule has 2 aliphatic rings. The lowest BCUT2D eigenvalue weighted by molar-refractivity contribution is -0.138. The van der Waals surface area contributed by atoms with Gasteiger partial charge in [0.2, 0.25) is 5.91 Å². The molecule has 0 spiro atoms. The van der Waals surface area contributed by atoms with Crippen LogP contribution in [0.1, 0.15) is 44.9 Å². The smallest absolute Gasteiger partial charge is 0.240 e. The van der Waals surface area contributed by atoms with Crippen molar-refractivity contribution in [2.75, 3.05) is 6.54 Å². The zero-order chi connectivity index (χ0) is 12.3. The highest BCUT2D eigenvalue weighted by molar-refractivity contribution is 5.82. The summed E-state index contributed by atoms with van der Waals surface area (Å²) in [5, 5.41) is 0. The molecule has 96 valence electrons. The average Bonchev–Trinajstić information content (AvgIpc) is 2.37. The summed E-state index contributed by atoms with van der Waals surface area (Å²) in [4.78, 5) is 14.4. The molecule has 0 radical (unpaired) electrons. The normalized spacial score (nSPS) is 30.5. The number of carbonyl (C=O) groups is 1. The minimum absolute atomic E-state index is 0.140. The molecule has 3 heteroatoms. The first kappa shape index (κ1) is 12.6. The fourth-order valence-corrected chi connectivity index (χ4v) is 3.39. The second kappa shape index (κ2) is 5.67. The van der Waals surface area contributed by atoms with Gasteiger partial charge in [-0.15, -0.1) is 6.58 Å². The van der Waals surface area contributed by atoms with Gasteiger partial charge in [-0.2, -0.15) is 0 Å². The van der Waals surface area contributed by atoms with E-state index in [0.29, 0.717) is 12.5 Å². The molecule has 0 bridgehead atoms. The van der Waals surface area contributed by atoms with Crippen molar-refractivity contribution in [1.82, 2.24) is 4.90 Å². The second-order valence-electron chi connectivity index (χ2n) is 5.42. The maximum Gasteiger partial charge on any atom is 0.240 e. The number of fused-ring (bicyclic) bond motifs is 1. The van der Waals surface area contributed by atoms with Crippen LogP contribution in [0, 0.1) is 5.92 Å². The van der Waals surface area contributed by atoms with E-state index in [1.807, 2.05) is 0 Å². The monoisotopic (exact) mass is 236 g/mol. The lowest BCUT2D eigenvalue weighted by atomic mass is 9.78. The molecule has 0 aromatic heterocycles. The second-order valence-corrected chi connectivity index (χ2v) is 5.42. The maximum absolute atomic E-state index is 12.3. The number of rotatable bonds is 3. The Morgan fingerprint density at radius 3 is 2.82 bits per heavy atom. The van der Waals surface area contributed by atoms with Crippen LogP contribution in [-0.2, 0) is 4.79 Å².